The summed E-state index contributed by atoms with van der Waals surface area (Å²) in [6.45, 7) is 0. The summed E-state index contributed by atoms with van der Waals surface area (Å²) < 4.78 is 15.1. The summed E-state index contributed by atoms with van der Waals surface area (Å²) in [6.07, 6.45) is 5.21. The number of hydrogen-bond donors (Lipinski definition) is 1. The smallest absolute Gasteiger partial charge is 0.274 e. The summed E-state index contributed by atoms with van der Waals surface area (Å²) in [6, 6.07) is 7.61. The molecule has 1 aromatic carbocycles. The quantitative estimate of drug-likeness (QED) is 0.651. The molecule has 1 amide bonds. The largest absolute Gasteiger partial charge is 0.357 e. The van der Waals surface area contributed by atoms with Crippen molar-refractivity contribution in [2.75, 3.05) is 0 Å². The topological polar surface area (TPSA) is 46.4 Å². The first kappa shape index (κ1) is 12.0. The second-order valence-corrected chi connectivity index (χ2v) is 3.79. The van der Waals surface area contributed by atoms with E-state index in [1.807, 2.05) is 30.1 Å². The van der Waals surface area contributed by atoms with Crippen molar-refractivity contribution < 1.29 is 9.18 Å². The number of rotatable bonds is 3. The van der Waals surface area contributed by atoms with E-state index in [2.05, 4.69) is 10.5 Å². The molecule has 92 valence electrons. The van der Waals surface area contributed by atoms with Gasteiger partial charge in [0.05, 0.1) is 11.8 Å². The Morgan fingerprint density at radius 2 is 2.17 bits per heavy atom. The summed E-state index contributed by atoms with van der Waals surface area (Å²) >= 11 is 0. The van der Waals surface area contributed by atoms with Crippen molar-refractivity contribution in [2.24, 2.45) is 12.1 Å². The predicted octanol–water partition coefficient (Wildman–Crippen LogP) is 1.93. The minimum atomic E-state index is -0.569. The van der Waals surface area contributed by atoms with E-state index in [4.69, 9.17) is 0 Å². The van der Waals surface area contributed by atoms with Gasteiger partial charge in [0.15, 0.2) is 0 Å². The average molecular weight is 245 g/mol. The van der Waals surface area contributed by atoms with Crippen molar-refractivity contribution in [3.63, 3.8) is 0 Å². The molecule has 4 nitrogen and oxygen atoms in total. The van der Waals surface area contributed by atoms with Gasteiger partial charge in [0, 0.05) is 25.0 Å². The van der Waals surface area contributed by atoms with E-state index >= 15 is 0 Å². The number of aromatic nitrogens is 1. The predicted molar refractivity (Wildman–Crippen MR) is 66.9 cm³/mol. The molecule has 0 spiro atoms. The Kier molecular flexibility index (Phi) is 3.52. The Balaban J connectivity index is 2.01. The number of nitrogens with zero attached hydrogens (tertiary/aromatic N) is 2. The third-order valence-corrected chi connectivity index (χ3v) is 2.35. The van der Waals surface area contributed by atoms with Crippen LogP contribution in [0.25, 0.3) is 0 Å². The number of nitrogens with one attached hydrogen (secondary N) is 1. The highest BCUT2D eigenvalue weighted by molar-refractivity contribution is 5.95. The van der Waals surface area contributed by atoms with Crippen LogP contribution in [-0.2, 0) is 7.05 Å². The maximum Gasteiger partial charge on any atom is 0.274 e. The van der Waals surface area contributed by atoms with Crippen LogP contribution in [0.1, 0.15) is 15.9 Å². The molecule has 0 aliphatic rings. The Morgan fingerprint density at radius 3 is 2.83 bits per heavy atom. The third-order valence-electron chi connectivity index (χ3n) is 2.35. The van der Waals surface area contributed by atoms with Gasteiger partial charge < -0.3 is 4.57 Å². The molecule has 2 aromatic rings. The van der Waals surface area contributed by atoms with Gasteiger partial charge in [-0.15, -0.1) is 0 Å². The summed E-state index contributed by atoms with van der Waals surface area (Å²) in [5.74, 6) is -1.13. The first-order chi connectivity index (χ1) is 8.66. The van der Waals surface area contributed by atoms with Crippen molar-refractivity contribution in [2.45, 2.75) is 0 Å². The zero-order valence-electron chi connectivity index (χ0n) is 9.80. The van der Waals surface area contributed by atoms with Crippen molar-refractivity contribution in [1.29, 1.82) is 0 Å². The van der Waals surface area contributed by atoms with Crippen LogP contribution in [0, 0.1) is 5.82 Å². The summed E-state index contributed by atoms with van der Waals surface area (Å²) in [4.78, 5) is 11.6. The van der Waals surface area contributed by atoms with Crippen LogP contribution in [-0.4, -0.2) is 16.7 Å². The summed E-state index contributed by atoms with van der Waals surface area (Å²) in [5, 5.41) is 3.77. The Bertz CT molecular complexity index is 589. The van der Waals surface area contributed by atoms with Gasteiger partial charge >= 0.3 is 0 Å². The Hall–Kier alpha value is -2.43. The van der Waals surface area contributed by atoms with Crippen LogP contribution in [0.3, 0.4) is 0 Å². The van der Waals surface area contributed by atoms with Gasteiger partial charge in [-0.3, -0.25) is 4.79 Å². The van der Waals surface area contributed by atoms with E-state index in [-0.39, 0.29) is 5.56 Å². The molecule has 0 saturated carbocycles. The van der Waals surface area contributed by atoms with E-state index in [1.165, 1.54) is 24.4 Å². The average Bonchev–Trinajstić information content (AvgIpc) is 2.75. The van der Waals surface area contributed by atoms with Crippen LogP contribution < -0.4 is 5.43 Å². The van der Waals surface area contributed by atoms with Gasteiger partial charge in [0.25, 0.3) is 5.91 Å². The number of hydrogen-bond acceptors (Lipinski definition) is 2. The van der Waals surface area contributed by atoms with Crippen molar-refractivity contribution >= 4 is 12.1 Å². The fourth-order valence-electron chi connectivity index (χ4n) is 1.47. The van der Waals surface area contributed by atoms with Gasteiger partial charge in [-0.25, -0.2) is 9.82 Å². The van der Waals surface area contributed by atoms with Crippen LogP contribution in [0.2, 0.25) is 0 Å². The maximum atomic E-state index is 13.3. The van der Waals surface area contributed by atoms with Crippen LogP contribution in [0.15, 0.2) is 47.8 Å². The van der Waals surface area contributed by atoms with Crippen molar-refractivity contribution in [3.05, 3.63) is 59.7 Å². The summed E-state index contributed by atoms with van der Waals surface area (Å²) in [5.41, 5.74) is 3.11. The molecule has 0 bridgehead atoms. The molecule has 0 radical (unpaired) electrons. The zero-order chi connectivity index (χ0) is 13.0. The Morgan fingerprint density at radius 1 is 1.39 bits per heavy atom. The molecular formula is C13H12FN3O. The third kappa shape index (κ3) is 2.82. The van der Waals surface area contributed by atoms with Gasteiger partial charge in [-0.05, 0) is 18.2 Å². The maximum absolute atomic E-state index is 13.3. The number of hydrazone groups is 1. The van der Waals surface area contributed by atoms with Gasteiger partial charge in [-0.1, -0.05) is 12.1 Å². The second-order valence-electron chi connectivity index (χ2n) is 3.79. The van der Waals surface area contributed by atoms with Crippen molar-refractivity contribution in [3.8, 4) is 0 Å². The van der Waals surface area contributed by atoms with E-state index in [0.717, 1.165) is 5.56 Å². The van der Waals surface area contributed by atoms with E-state index in [0.29, 0.717) is 0 Å². The number of amides is 1. The van der Waals surface area contributed by atoms with Gasteiger partial charge in [0.1, 0.15) is 5.82 Å². The molecule has 2 rings (SSSR count). The SMILES string of the molecule is Cn1ccc(/C=N\NC(=O)c2ccccc2F)c1. The monoisotopic (exact) mass is 245 g/mol. The molecule has 0 atom stereocenters. The lowest BCUT2D eigenvalue weighted by Crippen LogP contribution is -2.18. The standard InChI is InChI=1S/C13H12FN3O/c1-17-7-6-10(9-17)8-15-16-13(18)11-4-2-3-5-12(11)14/h2-9H,1H3,(H,16,18)/b15-8-. The number of aryl methyl sites for hydroxylation is 1. The van der Waals surface area contributed by atoms with Crippen LogP contribution >= 0.6 is 0 Å². The zero-order valence-corrected chi connectivity index (χ0v) is 9.80. The molecule has 18 heavy (non-hydrogen) atoms. The molecular weight excluding hydrogens is 233 g/mol. The Labute approximate surface area is 104 Å². The second kappa shape index (κ2) is 5.27. The van der Waals surface area contributed by atoms with Crippen LogP contribution in [0.4, 0.5) is 4.39 Å². The van der Waals surface area contributed by atoms with E-state index < -0.39 is 11.7 Å². The minimum absolute atomic E-state index is 0.0253. The number of carbonyl (C=O) groups excluding carboxylic acids is 1. The van der Waals surface area contributed by atoms with E-state index in [9.17, 15) is 9.18 Å². The number of carbonyl (C=O) groups is 1. The highest BCUT2D eigenvalue weighted by atomic mass is 19.1. The molecule has 0 aliphatic heterocycles. The van der Waals surface area contributed by atoms with Crippen molar-refractivity contribution in [1.82, 2.24) is 9.99 Å². The highest BCUT2D eigenvalue weighted by Gasteiger charge is 2.08. The lowest BCUT2D eigenvalue weighted by Gasteiger charge is -2.00. The van der Waals surface area contributed by atoms with Gasteiger partial charge in [0.2, 0.25) is 0 Å². The molecule has 5 heteroatoms. The fraction of sp³-hybridized carbons (Fsp3) is 0.0769. The molecule has 0 aliphatic carbocycles. The lowest BCUT2D eigenvalue weighted by atomic mass is 10.2. The molecule has 1 heterocycles. The first-order valence-electron chi connectivity index (χ1n) is 5.37. The lowest BCUT2D eigenvalue weighted by molar-refractivity contribution is 0.0951. The molecule has 1 aromatic heterocycles. The fourth-order valence-corrected chi connectivity index (χ4v) is 1.47. The first-order valence-corrected chi connectivity index (χ1v) is 5.37. The number of halogens is 1. The van der Waals surface area contributed by atoms with Gasteiger partial charge in [-0.2, -0.15) is 5.10 Å². The minimum Gasteiger partial charge on any atom is -0.357 e. The molecule has 1 N–H and O–H groups in total. The normalized spacial score (nSPS) is 10.8. The highest BCUT2D eigenvalue weighted by Crippen LogP contribution is 2.05. The summed E-state index contributed by atoms with van der Waals surface area (Å²) in [7, 11) is 1.88. The molecule has 0 unspecified atom stereocenters. The van der Waals surface area contributed by atoms with E-state index in [1.54, 1.807) is 6.07 Å². The molecule has 0 saturated heterocycles. The number of benzene rings is 1. The molecule has 0 fully saturated rings. The van der Waals surface area contributed by atoms with Crippen LogP contribution in [0.5, 0.6) is 0 Å².